The van der Waals surface area contributed by atoms with Gasteiger partial charge in [0.25, 0.3) is 11.7 Å². The molecule has 0 radical (unpaired) electrons. The fourth-order valence-corrected chi connectivity index (χ4v) is 4.55. The number of amides is 1. The highest BCUT2D eigenvalue weighted by molar-refractivity contribution is 9.10. The summed E-state index contributed by atoms with van der Waals surface area (Å²) < 4.78 is 16.9. The summed E-state index contributed by atoms with van der Waals surface area (Å²) in [6.45, 7) is 2.01. The Kier molecular flexibility index (Phi) is 7.35. The highest BCUT2D eigenvalue weighted by Crippen LogP contribution is 2.41. The maximum absolute atomic E-state index is 13.3. The lowest BCUT2D eigenvalue weighted by atomic mass is 9.94. The normalized spacial score (nSPS) is 16.8. The Morgan fingerprint density at radius 3 is 2.22 bits per heavy atom. The second-order valence-electron chi connectivity index (χ2n) is 8.35. The second-order valence-corrected chi connectivity index (χ2v) is 9.21. The number of rotatable bonds is 7. The van der Waals surface area contributed by atoms with Gasteiger partial charge in [0.15, 0.2) is 11.5 Å². The molecule has 7 nitrogen and oxygen atoms in total. The lowest BCUT2D eigenvalue weighted by molar-refractivity contribution is -0.140. The third kappa shape index (κ3) is 4.68. The molecule has 0 aliphatic carbocycles. The molecule has 1 unspecified atom stereocenters. The molecule has 3 aromatic carbocycles. The van der Waals surface area contributed by atoms with E-state index in [1.54, 1.807) is 68.8 Å². The van der Waals surface area contributed by atoms with Crippen LogP contribution in [0.15, 0.2) is 70.7 Å². The predicted molar refractivity (Wildman–Crippen MR) is 139 cm³/mol. The summed E-state index contributed by atoms with van der Waals surface area (Å²) >= 11 is 3.46. The number of halogens is 1. The van der Waals surface area contributed by atoms with Gasteiger partial charge in [0, 0.05) is 16.6 Å². The highest BCUT2D eigenvalue weighted by atomic mass is 79.9. The van der Waals surface area contributed by atoms with Crippen molar-refractivity contribution in [1.29, 1.82) is 0 Å². The van der Waals surface area contributed by atoms with Crippen molar-refractivity contribution in [3.63, 3.8) is 0 Å². The molecule has 0 aromatic heterocycles. The molecule has 1 heterocycles. The van der Waals surface area contributed by atoms with E-state index in [9.17, 15) is 14.7 Å². The Labute approximate surface area is 218 Å². The molecule has 4 rings (SSSR count). The smallest absolute Gasteiger partial charge is 0.295 e. The molecule has 1 aliphatic heterocycles. The molecule has 1 amide bonds. The summed E-state index contributed by atoms with van der Waals surface area (Å²) in [4.78, 5) is 28.1. The Morgan fingerprint density at radius 2 is 1.61 bits per heavy atom. The number of carbonyl (C=O) groups is 2. The third-order valence-electron chi connectivity index (χ3n) is 6.20. The van der Waals surface area contributed by atoms with E-state index in [0.717, 1.165) is 15.6 Å². The predicted octanol–water partition coefficient (Wildman–Crippen LogP) is 5.41. The van der Waals surface area contributed by atoms with Gasteiger partial charge in [0.1, 0.15) is 11.5 Å². The van der Waals surface area contributed by atoms with Crippen LogP contribution >= 0.6 is 15.9 Å². The Balaban J connectivity index is 1.84. The number of nitrogens with zero attached hydrogens (tertiary/aromatic N) is 1. The molecular weight excluding hydrogens is 526 g/mol. The molecule has 0 saturated carbocycles. The zero-order valence-corrected chi connectivity index (χ0v) is 22.0. The number of ketones is 1. The van der Waals surface area contributed by atoms with Crippen LogP contribution in [-0.2, 0) is 16.1 Å². The van der Waals surface area contributed by atoms with E-state index in [2.05, 4.69) is 15.9 Å². The summed E-state index contributed by atoms with van der Waals surface area (Å²) in [6.07, 6.45) is 0. The van der Waals surface area contributed by atoms with Gasteiger partial charge in [-0.3, -0.25) is 9.59 Å². The van der Waals surface area contributed by atoms with Crippen LogP contribution in [0, 0.1) is 6.92 Å². The number of hydrogen-bond donors (Lipinski definition) is 1. The van der Waals surface area contributed by atoms with Crippen LogP contribution in [0.2, 0.25) is 0 Å². The number of benzene rings is 3. The first kappa shape index (κ1) is 25.3. The number of carbonyl (C=O) groups excluding carboxylic acids is 2. The van der Waals surface area contributed by atoms with E-state index < -0.39 is 17.7 Å². The summed E-state index contributed by atoms with van der Waals surface area (Å²) in [5.74, 6) is 0.0487. The van der Waals surface area contributed by atoms with Crippen molar-refractivity contribution in [1.82, 2.24) is 4.90 Å². The van der Waals surface area contributed by atoms with Crippen LogP contribution in [0.1, 0.15) is 28.3 Å². The summed E-state index contributed by atoms with van der Waals surface area (Å²) in [6, 6.07) is 16.9. The molecular formula is C28H26BrNO6. The van der Waals surface area contributed by atoms with Gasteiger partial charge in [0.2, 0.25) is 0 Å². The molecule has 186 valence electrons. The number of hydrogen-bond acceptors (Lipinski definition) is 6. The lowest BCUT2D eigenvalue weighted by Crippen LogP contribution is -2.29. The van der Waals surface area contributed by atoms with Crippen LogP contribution in [-0.4, -0.2) is 43.0 Å². The summed E-state index contributed by atoms with van der Waals surface area (Å²) in [7, 11) is 4.64. The monoisotopic (exact) mass is 551 g/mol. The van der Waals surface area contributed by atoms with Crippen molar-refractivity contribution < 1.29 is 28.9 Å². The average molecular weight is 552 g/mol. The fourth-order valence-electron chi connectivity index (χ4n) is 4.30. The maximum atomic E-state index is 13.3. The van der Waals surface area contributed by atoms with Crippen molar-refractivity contribution in [2.45, 2.75) is 19.5 Å². The molecule has 1 aliphatic rings. The topological polar surface area (TPSA) is 85.3 Å². The highest BCUT2D eigenvalue weighted by Gasteiger charge is 2.46. The van der Waals surface area contributed by atoms with Crippen LogP contribution in [0.4, 0.5) is 0 Å². The lowest BCUT2D eigenvalue weighted by Gasteiger charge is -2.26. The first-order chi connectivity index (χ1) is 17.3. The maximum Gasteiger partial charge on any atom is 0.295 e. The fraction of sp³-hybridized carbons (Fsp3) is 0.214. The molecule has 3 aromatic rings. The summed E-state index contributed by atoms with van der Waals surface area (Å²) in [5, 5.41) is 11.3. The third-order valence-corrected chi connectivity index (χ3v) is 7.09. The van der Waals surface area contributed by atoms with E-state index in [0.29, 0.717) is 28.4 Å². The van der Waals surface area contributed by atoms with Gasteiger partial charge < -0.3 is 24.2 Å². The Bertz CT molecular complexity index is 1350. The van der Waals surface area contributed by atoms with Gasteiger partial charge in [-0.1, -0.05) is 40.2 Å². The van der Waals surface area contributed by atoms with Crippen LogP contribution in [0.3, 0.4) is 0 Å². The van der Waals surface area contributed by atoms with Crippen LogP contribution in [0.5, 0.6) is 17.2 Å². The minimum atomic E-state index is -0.798. The van der Waals surface area contributed by atoms with Crippen molar-refractivity contribution in [3.8, 4) is 17.2 Å². The number of likely N-dealkylation sites (tertiary alicyclic amines) is 1. The van der Waals surface area contributed by atoms with Gasteiger partial charge >= 0.3 is 0 Å². The molecule has 36 heavy (non-hydrogen) atoms. The average Bonchev–Trinajstić information content (AvgIpc) is 3.14. The number of aryl methyl sites for hydroxylation is 1. The van der Waals surface area contributed by atoms with Gasteiger partial charge in [-0.25, -0.2) is 0 Å². The molecule has 8 heteroatoms. The molecule has 1 N–H and O–H groups in total. The van der Waals surface area contributed by atoms with E-state index >= 15 is 0 Å². The Morgan fingerprint density at radius 1 is 0.917 bits per heavy atom. The van der Waals surface area contributed by atoms with Gasteiger partial charge in [-0.05, 0) is 60.0 Å². The van der Waals surface area contributed by atoms with Gasteiger partial charge in [-0.2, -0.15) is 0 Å². The summed E-state index contributed by atoms with van der Waals surface area (Å²) in [5.41, 5.74) is 2.80. The van der Waals surface area contributed by atoms with Crippen molar-refractivity contribution in [2.75, 3.05) is 21.3 Å². The first-order valence-electron chi connectivity index (χ1n) is 11.2. The van der Waals surface area contributed by atoms with Crippen LogP contribution < -0.4 is 14.2 Å². The van der Waals surface area contributed by atoms with E-state index in [1.807, 2.05) is 13.0 Å². The molecule has 1 saturated heterocycles. The Hall–Kier alpha value is -3.78. The molecule has 1 fully saturated rings. The largest absolute Gasteiger partial charge is 0.507 e. The first-order valence-corrected chi connectivity index (χ1v) is 12.0. The van der Waals surface area contributed by atoms with Crippen molar-refractivity contribution >= 4 is 33.4 Å². The minimum absolute atomic E-state index is 0.0346. The van der Waals surface area contributed by atoms with Crippen molar-refractivity contribution in [3.05, 3.63) is 93.0 Å². The number of aliphatic hydroxyl groups excluding tert-OH is 1. The molecule has 1 atom stereocenters. The van der Waals surface area contributed by atoms with Gasteiger partial charge in [-0.15, -0.1) is 0 Å². The SMILES string of the molecule is COc1ccc(C2/C(=C(/O)c3ccc(Br)c(C)c3)C(=O)C(=O)N2Cc2ccc(OC)c(OC)c2)cc1. The zero-order valence-electron chi connectivity index (χ0n) is 20.4. The molecule has 0 spiro atoms. The van der Waals surface area contributed by atoms with E-state index in [4.69, 9.17) is 14.2 Å². The number of ether oxygens (including phenoxy) is 3. The zero-order chi connectivity index (χ0) is 26.0. The van der Waals surface area contributed by atoms with Gasteiger partial charge in [0.05, 0.1) is 32.9 Å². The number of aliphatic hydroxyl groups is 1. The number of Topliss-reactive ketones (excluding diaryl/α,β-unsaturated/α-hetero) is 1. The number of methoxy groups -OCH3 is 3. The second kappa shape index (κ2) is 10.5. The van der Waals surface area contributed by atoms with Crippen molar-refractivity contribution in [2.24, 2.45) is 0 Å². The standard InChI is InChI=1S/C28H26BrNO6/c1-16-13-19(8-11-21(16)29)26(31)24-25(18-6-9-20(34-2)10-7-18)30(28(33)27(24)32)15-17-5-12-22(35-3)23(14-17)36-4/h5-14,25,31H,15H2,1-4H3/b26-24-. The van der Waals surface area contributed by atoms with Crippen LogP contribution in [0.25, 0.3) is 5.76 Å². The minimum Gasteiger partial charge on any atom is -0.507 e. The quantitative estimate of drug-likeness (QED) is 0.240. The van der Waals surface area contributed by atoms with E-state index in [-0.39, 0.29) is 17.9 Å². The molecule has 0 bridgehead atoms. The van der Waals surface area contributed by atoms with E-state index in [1.165, 1.54) is 12.0 Å².